The molecule has 2 heterocycles. The van der Waals surface area contributed by atoms with Crippen molar-refractivity contribution in [1.82, 2.24) is 0 Å². The number of allylic oxidation sites excluding steroid dienone is 11. The van der Waals surface area contributed by atoms with Crippen LogP contribution in [0.2, 0.25) is 0 Å². The van der Waals surface area contributed by atoms with Crippen molar-refractivity contribution in [3.05, 3.63) is 136 Å². The summed E-state index contributed by atoms with van der Waals surface area (Å²) in [7, 11) is 2.19. The fourth-order valence-electron chi connectivity index (χ4n) is 7.87. The molecule has 0 saturated heterocycles. The number of likely N-dealkylation sites (N-methyl/N-ethyl adjacent to an activating group) is 1. The Morgan fingerprint density at radius 2 is 1.60 bits per heavy atom. The maximum absolute atomic E-state index is 7.20. The second-order valence-corrected chi connectivity index (χ2v) is 13.9. The van der Waals surface area contributed by atoms with Crippen LogP contribution in [-0.4, -0.2) is 23.9 Å². The maximum Gasteiger partial charge on any atom is 0.210 e. The summed E-state index contributed by atoms with van der Waals surface area (Å²) in [6.07, 6.45) is 20.8. The van der Waals surface area contributed by atoms with Gasteiger partial charge < -0.3 is 4.90 Å². The molecule has 0 amide bonds. The minimum absolute atomic E-state index is 0.109. The first kappa shape index (κ1) is 34.5. The van der Waals surface area contributed by atoms with Crippen molar-refractivity contribution >= 4 is 45.5 Å². The molecule has 0 bridgehead atoms. The van der Waals surface area contributed by atoms with Gasteiger partial charge in [-0.15, -0.1) is 0 Å². The molecule has 0 N–H and O–H groups in total. The Morgan fingerprint density at radius 1 is 0.830 bits per heavy atom. The van der Waals surface area contributed by atoms with Crippen LogP contribution in [0.5, 0.6) is 0 Å². The van der Waals surface area contributed by atoms with E-state index in [0.29, 0.717) is 0 Å². The summed E-state index contributed by atoms with van der Waals surface area (Å²) in [5.41, 5.74) is 11.5. The number of fused-ring (bicyclic) bond motifs is 4. The lowest BCUT2D eigenvalue weighted by Crippen LogP contribution is -2.27. The largest absolute Gasteiger partial charge is 0.344 e. The van der Waals surface area contributed by atoms with Crippen LogP contribution in [-0.2, 0) is 10.8 Å². The highest BCUT2D eigenvalue weighted by molar-refractivity contribution is 6.32. The lowest BCUT2D eigenvalue weighted by atomic mass is 9.78. The van der Waals surface area contributed by atoms with Crippen molar-refractivity contribution in [3.8, 4) is 0 Å². The van der Waals surface area contributed by atoms with E-state index in [9.17, 15) is 0 Å². The fourth-order valence-corrected chi connectivity index (χ4v) is 8.18. The Kier molecular flexibility index (Phi) is 10.3. The van der Waals surface area contributed by atoms with Gasteiger partial charge in [0, 0.05) is 46.1 Å². The van der Waals surface area contributed by atoms with E-state index in [1.165, 1.54) is 61.4 Å². The molecule has 3 aromatic carbocycles. The summed E-state index contributed by atoms with van der Waals surface area (Å²) in [5.74, 6) is 0. The zero-order chi connectivity index (χ0) is 33.9. The number of benzene rings is 3. The van der Waals surface area contributed by atoms with E-state index in [1.54, 1.807) is 0 Å². The first-order valence-electron chi connectivity index (χ1n) is 17.4. The van der Waals surface area contributed by atoms with Crippen molar-refractivity contribution < 1.29 is 4.58 Å². The standard InChI is InChI=1S/C42H46ClN2.C2H6/c1-8-10-11-17-30-18-15-22-34-38(30)41(3,4)36(44(34)7)27-24-31-19-14-20-32(40(31)43)25-28-37-42(5,6)39-33-21-13-12-16-29(33)23-26-35(39)45(37)9-2;1-2/h8,10-13,15-18,21-28H,9,14,19-20H2,1-7H3;1-2H3/q+1;/b10-8-,17-11-;. The second kappa shape index (κ2) is 14.1. The predicted octanol–water partition coefficient (Wildman–Crippen LogP) is 12.3. The normalized spacial score (nSPS) is 20.3. The molecule has 47 heavy (non-hydrogen) atoms. The van der Waals surface area contributed by atoms with Gasteiger partial charge in [0.25, 0.3) is 0 Å². The molecule has 3 heteroatoms. The van der Waals surface area contributed by atoms with Gasteiger partial charge in [-0.05, 0) is 92.1 Å². The minimum Gasteiger partial charge on any atom is -0.344 e. The van der Waals surface area contributed by atoms with E-state index in [4.69, 9.17) is 11.6 Å². The van der Waals surface area contributed by atoms with Gasteiger partial charge in [0.2, 0.25) is 5.69 Å². The maximum atomic E-state index is 7.20. The van der Waals surface area contributed by atoms with Gasteiger partial charge in [-0.3, -0.25) is 0 Å². The number of nitrogens with zero attached hydrogens (tertiary/aromatic N) is 2. The molecule has 0 unspecified atom stereocenters. The molecule has 0 spiro atoms. The van der Waals surface area contributed by atoms with Gasteiger partial charge in [0.1, 0.15) is 7.05 Å². The number of hydrogen-bond donors (Lipinski definition) is 0. The molecular weight excluding hydrogens is 592 g/mol. The topological polar surface area (TPSA) is 6.25 Å². The third kappa shape index (κ3) is 6.14. The van der Waals surface area contributed by atoms with Crippen molar-refractivity contribution in [2.24, 2.45) is 0 Å². The summed E-state index contributed by atoms with van der Waals surface area (Å²) >= 11 is 7.20. The monoisotopic (exact) mass is 643 g/mol. The zero-order valence-electron chi connectivity index (χ0n) is 29.9. The molecule has 3 aromatic rings. The Hall–Kier alpha value is -3.88. The lowest BCUT2D eigenvalue weighted by molar-refractivity contribution is -0.401. The second-order valence-electron chi connectivity index (χ2n) is 13.5. The first-order chi connectivity index (χ1) is 22.6. The van der Waals surface area contributed by atoms with Crippen molar-refractivity contribution in [3.63, 3.8) is 0 Å². The lowest BCUT2D eigenvalue weighted by Gasteiger charge is -2.26. The Balaban J connectivity index is 0.00000213. The Labute approximate surface area is 288 Å². The summed E-state index contributed by atoms with van der Waals surface area (Å²) in [6.45, 7) is 18.6. The third-order valence-corrected chi connectivity index (χ3v) is 10.5. The van der Waals surface area contributed by atoms with E-state index in [1.807, 2.05) is 20.8 Å². The van der Waals surface area contributed by atoms with Crippen LogP contribution in [0.3, 0.4) is 0 Å². The highest BCUT2D eigenvalue weighted by Crippen LogP contribution is 2.51. The number of hydrogen-bond acceptors (Lipinski definition) is 1. The molecular formula is C44H52ClN2+. The molecule has 0 saturated carbocycles. The summed E-state index contributed by atoms with van der Waals surface area (Å²) < 4.78 is 2.35. The highest BCUT2D eigenvalue weighted by Gasteiger charge is 2.44. The minimum atomic E-state index is -0.126. The Morgan fingerprint density at radius 3 is 2.34 bits per heavy atom. The average molecular weight is 644 g/mol. The highest BCUT2D eigenvalue weighted by atomic mass is 35.5. The average Bonchev–Trinajstić information content (AvgIpc) is 3.42. The van der Waals surface area contributed by atoms with Gasteiger partial charge in [0.05, 0.1) is 5.41 Å². The van der Waals surface area contributed by atoms with Crippen molar-refractivity contribution in [2.45, 2.75) is 85.5 Å². The number of halogens is 1. The van der Waals surface area contributed by atoms with Gasteiger partial charge in [-0.1, -0.05) is 118 Å². The zero-order valence-corrected chi connectivity index (χ0v) is 30.7. The summed E-state index contributed by atoms with van der Waals surface area (Å²) in [6, 6.07) is 19.9. The van der Waals surface area contributed by atoms with E-state index in [-0.39, 0.29) is 10.8 Å². The molecule has 0 fully saturated rings. The van der Waals surface area contributed by atoms with E-state index < -0.39 is 0 Å². The first-order valence-corrected chi connectivity index (χ1v) is 17.8. The van der Waals surface area contributed by atoms with E-state index in [0.717, 1.165) is 30.8 Å². The molecule has 244 valence electrons. The molecule has 2 nitrogen and oxygen atoms in total. The SMILES string of the molecule is C/C=C\C=C/c1cccc2c1C(C)(C)C(/C=C/C1=C(Cl)C(=C/C=C3/N(CC)c4ccc5ccccc5c4C3(C)C)/CCC1)=[N+]2C.CC. The van der Waals surface area contributed by atoms with Crippen molar-refractivity contribution in [1.29, 1.82) is 0 Å². The third-order valence-electron chi connectivity index (χ3n) is 10.1. The van der Waals surface area contributed by atoms with Gasteiger partial charge in [-0.25, -0.2) is 0 Å². The van der Waals surface area contributed by atoms with Crippen LogP contribution < -0.4 is 4.90 Å². The smallest absolute Gasteiger partial charge is 0.210 e. The molecule has 0 atom stereocenters. The van der Waals surface area contributed by atoms with Crippen LogP contribution in [0.25, 0.3) is 16.8 Å². The van der Waals surface area contributed by atoms with Crippen LogP contribution >= 0.6 is 11.6 Å². The van der Waals surface area contributed by atoms with E-state index in [2.05, 4.69) is 154 Å². The molecule has 6 rings (SSSR count). The van der Waals surface area contributed by atoms with Gasteiger partial charge in [0.15, 0.2) is 5.71 Å². The summed E-state index contributed by atoms with van der Waals surface area (Å²) in [5, 5.41) is 3.55. The Bertz CT molecular complexity index is 1890. The fraction of sp³-hybridized carbons (Fsp3) is 0.341. The van der Waals surface area contributed by atoms with Crippen LogP contribution in [0.4, 0.5) is 11.4 Å². The molecule has 3 aliphatic rings. The number of rotatable bonds is 6. The van der Waals surface area contributed by atoms with Gasteiger partial charge >= 0.3 is 0 Å². The molecule has 1 aliphatic carbocycles. The van der Waals surface area contributed by atoms with Crippen LogP contribution in [0.15, 0.2) is 119 Å². The van der Waals surface area contributed by atoms with Crippen LogP contribution in [0, 0.1) is 0 Å². The molecule has 2 aliphatic heterocycles. The van der Waals surface area contributed by atoms with Crippen molar-refractivity contribution in [2.75, 3.05) is 18.5 Å². The van der Waals surface area contributed by atoms with Gasteiger partial charge in [-0.2, -0.15) is 4.58 Å². The number of anilines is 1. The quantitative estimate of drug-likeness (QED) is 0.191. The van der Waals surface area contributed by atoms with E-state index >= 15 is 0 Å². The van der Waals surface area contributed by atoms with Crippen LogP contribution in [0.1, 0.15) is 91.3 Å². The summed E-state index contributed by atoms with van der Waals surface area (Å²) in [4.78, 5) is 2.48. The predicted molar refractivity (Wildman–Crippen MR) is 208 cm³/mol. The molecule has 0 radical (unpaired) electrons. The molecule has 0 aromatic heterocycles.